The number of carbonyl (C=O) groups excluding carboxylic acids is 1. The minimum Gasteiger partial charge on any atom is -0.363 e. The zero-order valence-electron chi connectivity index (χ0n) is 14.2. The monoisotopic (exact) mass is 342 g/mol. The molecule has 0 aliphatic heterocycles. The number of aryl methyl sites for hydroxylation is 1. The van der Waals surface area contributed by atoms with Gasteiger partial charge in [0.15, 0.2) is 5.16 Å². The molecule has 1 amide bonds. The summed E-state index contributed by atoms with van der Waals surface area (Å²) >= 11 is 1.60. The molecule has 1 saturated carbocycles. The number of hydrogen-bond acceptors (Lipinski definition) is 5. The van der Waals surface area contributed by atoms with Crippen molar-refractivity contribution in [2.45, 2.75) is 36.7 Å². The van der Waals surface area contributed by atoms with Crippen molar-refractivity contribution in [2.24, 2.45) is 0 Å². The van der Waals surface area contributed by atoms with Crippen LogP contribution in [0.5, 0.6) is 0 Å². The van der Waals surface area contributed by atoms with E-state index in [1.807, 2.05) is 56.3 Å². The van der Waals surface area contributed by atoms with Gasteiger partial charge in [-0.05, 0) is 37.5 Å². The molecule has 1 heterocycles. The zero-order chi connectivity index (χ0) is 17.1. The number of rotatable bonds is 6. The van der Waals surface area contributed by atoms with Gasteiger partial charge in [0.2, 0.25) is 0 Å². The van der Waals surface area contributed by atoms with Crippen molar-refractivity contribution < 1.29 is 4.79 Å². The highest BCUT2D eigenvalue weighted by Gasteiger charge is 2.23. The van der Waals surface area contributed by atoms with Crippen LogP contribution >= 0.6 is 11.8 Å². The van der Waals surface area contributed by atoms with Crippen LogP contribution in [0.3, 0.4) is 0 Å². The Hall–Kier alpha value is -2.08. The van der Waals surface area contributed by atoms with Crippen LogP contribution in [0.15, 0.2) is 35.5 Å². The molecule has 1 N–H and O–H groups in total. The van der Waals surface area contributed by atoms with E-state index in [0.29, 0.717) is 6.04 Å². The summed E-state index contributed by atoms with van der Waals surface area (Å²) in [6, 6.07) is 10.1. The second-order valence-corrected chi connectivity index (χ2v) is 7.22. The van der Waals surface area contributed by atoms with Crippen LogP contribution < -0.4 is 10.2 Å². The summed E-state index contributed by atoms with van der Waals surface area (Å²) < 4.78 is 0. The normalized spacial score (nSPS) is 13.6. The number of aromatic nitrogens is 2. The van der Waals surface area contributed by atoms with E-state index in [-0.39, 0.29) is 5.91 Å². The van der Waals surface area contributed by atoms with Crippen LogP contribution in [0.1, 0.15) is 34.5 Å². The van der Waals surface area contributed by atoms with Gasteiger partial charge in [-0.15, -0.1) is 0 Å². The van der Waals surface area contributed by atoms with Gasteiger partial charge in [0, 0.05) is 43.2 Å². The van der Waals surface area contributed by atoms with Gasteiger partial charge in [0.05, 0.1) is 0 Å². The number of hydrogen-bond donors (Lipinski definition) is 1. The van der Waals surface area contributed by atoms with Crippen molar-refractivity contribution in [3.63, 3.8) is 0 Å². The molecule has 1 aliphatic rings. The number of anilines is 1. The Labute approximate surface area is 146 Å². The summed E-state index contributed by atoms with van der Waals surface area (Å²) in [6.45, 7) is 1.98. The summed E-state index contributed by atoms with van der Waals surface area (Å²) in [5, 5.41) is 3.77. The van der Waals surface area contributed by atoms with E-state index < -0.39 is 0 Å². The van der Waals surface area contributed by atoms with E-state index in [2.05, 4.69) is 15.3 Å². The Morgan fingerprint density at radius 1 is 1.25 bits per heavy atom. The van der Waals surface area contributed by atoms with Crippen LogP contribution in [0.25, 0.3) is 0 Å². The third-order valence-electron chi connectivity index (χ3n) is 3.78. The molecule has 0 radical (unpaired) electrons. The Bertz CT molecular complexity index is 726. The molecule has 1 aromatic carbocycles. The minimum atomic E-state index is 0.0225. The third-order valence-corrected chi connectivity index (χ3v) is 4.69. The summed E-state index contributed by atoms with van der Waals surface area (Å²) in [5.41, 5.74) is 2.83. The second kappa shape index (κ2) is 7.21. The van der Waals surface area contributed by atoms with Crippen LogP contribution in [0.2, 0.25) is 0 Å². The summed E-state index contributed by atoms with van der Waals surface area (Å²) in [7, 11) is 3.95. The van der Waals surface area contributed by atoms with Crippen molar-refractivity contribution in [3.05, 3.63) is 47.2 Å². The molecule has 0 unspecified atom stereocenters. The Morgan fingerprint density at radius 2 is 1.96 bits per heavy atom. The molecule has 2 aromatic rings. The fraction of sp³-hybridized carbons (Fsp3) is 0.389. The highest BCUT2D eigenvalue weighted by molar-refractivity contribution is 7.98. The van der Waals surface area contributed by atoms with Gasteiger partial charge in [0.1, 0.15) is 5.82 Å². The Morgan fingerprint density at radius 3 is 2.58 bits per heavy atom. The number of nitrogens with zero attached hydrogens (tertiary/aromatic N) is 3. The van der Waals surface area contributed by atoms with Crippen LogP contribution in [-0.2, 0) is 5.75 Å². The third kappa shape index (κ3) is 4.47. The first-order valence-electron chi connectivity index (χ1n) is 8.07. The van der Waals surface area contributed by atoms with Gasteiger partial charge in [-0.25, -0.2) is 9.97 Å². The smallest absolute Gasteiger partial charge is 0.251 e. The van der Waals surface area contributed by atoms with Crippen molar-refractivity contribution in [1.82, 2.24) is 15.3 Å². The van der Waals surface area contributed by atoms with Crippen molar-refractivity contribution in [1.29, 1.82) is 0 Å². The first kappa shape index (κ1) is 16.8. The predicted molar refractivity (Wildman–Crippen MR) is 97.6 cm³/mol. The van der Waals surface area contributed by atoms with E-state index in [1.54, 1.807) is 11.8 Å². The van der Waals surface area contributed by atoms with E-state index in [9.17, 15) is 4.79 Å². The van der Waals surface area contributed by atoms with Gasteiger partial charge < -0.3 is 10.2 Å². The fourth-order valence-electron chi connectivity index (χ4n) is 2.22. The Balaban J connectivity index is 1.61. The fourth-order valence-corrected chi connectivity index (χ4v) is 3.07. The second-order valence-electron chi connectivity index (χ2n) is 6.28. The number of amides is 1. The highest BCUT2D eigenvalue weighted by atomic mass is 32.2. The number of carbonyl (C=O) groups is 1. The van der Waals surface area contributed by atoms with Crippen LogP contribution in [0, 0.1) is 6.92 Å². The maximum atomic E-state index is 12.0. The lowest BCUT2D eigenvalue weighted by Crippen LogP contribution is -2.25. The molecule has 24 heavy (non-hydrogen) atoms. The zero-order valence-corrected chi connectivity index (χ0v) is 15.1. The Kier molecular flexibility index (Phi) is 5.04. The first-order valence-corrected chi connectivity index (χ1v) is 9.05. The van der Waals surface area contributed by atoms with Crippen molar-refractivity contribution >= 4 is 23.5 Å². The molecular formula is C18H22N4OS. The number of nitrogens with one attached hydrogen (secondary N) is 1. The van der Waals surface area contributed by atoms with E-state index >= 15 is 0 Å². The topological polar surface area (TPSA) is 58.1 Å². The maximum Gasteiger partial charge on any atom is 0.251 e. The molecule has 0 atom stereocenters. The average molecular weight is 342 g/mol. The molecule has 1 aromatic heterocycles. The SMILES string of the molecule is Cc1cc(N(C)C)nc(SCc2ccc(C(=O)NC3CC3)cc2)n1. The molecule has 5 nitrogen and oxygen atoms in total. The van der Waals surface area contributed by atoms with Gasteiger partial charge >= 0.3 is 0 Å². The summed E-state index contributed by atoms with van der Waals surface area (Å²) in [4.78, 5) is 23.0. The van der Waals surface area contributed by atoms with Crippen LogP contribution in [0.4, 0.5) is 5.82 Å². The number of benzene rings is 1. The molecule has 1 fully saturated rings. The molecule has 1 aliphatic carbocycles. The lowest BCUT2D eigenvalue weighted by Gasteiger charge is -2.12. The molecule has 0 saturated heterocycles. The minimum absolute atomic E-state index is 0.0225. The first-order chi connectivity index (χ1) is 11.5. The maximum absolute atomic E-state index is 12.0. The number of thioether (sulfide) groups is 1. The summed E-state index contributed by atoms with van der Waals surface area (Å²) in [5.74, 6) is 1.72. The van der Waals surface area contributed by atoms with Gasteiger partial charge in [-0.2, -0.15) is 0 Å². The molecule has 0 spiro atoms. The van der Waals surface area contributed by atoms with Gasteiger partial charge in [-0.1, -0.05) is 23.9 Å². The largest absolute Gasteiger partial charge is 0.363 e. The molecule has 126 valence electrons. The quantitative estimate of drug-likeness (QED) is 0.646. The molecule has 0 bridgehead atoms. The predicted octanol–water partition coefficient (Wildman–Crippen LogP) is 3.04. The molecule has 6 heteroatoms. The highest BCUT2D eigenvalue weighted by Crippen LogP contribution is 2.23. The van der Waals surface area contributed by atoms with Crippen molar-refractivity contribution in [2.75, 3.05) is 19.0 Å². The van der Waals surface area contributed by atoms with E-state index in [1.165, 1.54) is 0 Å². The lowest BCUT2D eigenvalue weighted by molar-refractivity contribution is 0.0951. The average Bonchev–Trinajstić information content (AvgIpc) is 3.37. The summed E-state index contributed by atoms with van der Waals surface area (Å²) in [6.07, 6.45) is 2.21. The van der Waals surface area contributed by atoms with Crippen LogP contribution in [-0.4, -0.2) is 36.0 Å². The van der Waals surface area contributed by atoms with Crippen molar-refractivity contribution in [3.8, 4) is 0 Å². The van der Waals surface area contributed by atoms with Gasteiger partial charge in [-0.3, -0.25) is 4.79 Å². The molecule has 3 rings (SSSR count). The van der Waals surface area contributed by atoms with Gasteiger partial charge in [0.25, 0.3) is 5.91 Å². The van der Waals surface area contributed by atoms with E-state index in [4.69, 9.17) is 0 Å². The lowest BCUT2D eigenvalue weighted by atomic mass is 10.1. The standard InChI is InChI=1S/C18H22N4OS/c1-12-10-16(22(2)3)21-18(19-12)24-11-13-4-6-14(7-5-13)17(23)20-15-8-9-15/h4-7,10,15H,8-9,11H2,1-3H3,(H,20,23). The van der Waals surface area contributed by atoms with E-state index in [0.717, 1.165) is 46.4 Å². The molecular weight excluding hydrogens is 320 g/mol.